The highest BCUT2D eigenvalue weighted by Gasteiger charge is 2.30. The molecule has 35 heavy (non-hydrogen) atoms. The third-order valence-corrected chi connectivity index (χ3v) is 5.92. The van der Waals surface area contributed by atoms with E-state index in [4.69, 9.17) is 9.15 Å². The van der Waals surface area contributed by atoms with Gasteiger partial charge in [-0.25, -0.2) is 4.68 Å². The van der Waals surface area contributed by atoms with E-state index in [1.807, 2.05) is 43.3 Å². The van der Waals surface area contributed by atoms with Gasteiger partial charge in [0.2, 0.25) is 0 Å². The Morgan fingerprint density at radius 3 is 2.83 bits per heavy atom. The van der Waals surface area contributed by atoms with Crippen LogP contribution in [0.15, 0.2) is 51.9 Å². The van der Waals surface area contributed by atoms with Crippen molar-refractivity contribution in [3.63, 3.8) is 0 Å². The van der Waals surface area contributed by atoms with Crippen LogP contribution in [-0.2, 0) is 13.1 Å². The van der Waals surface area contributed by atoms with Gasteiger partial charge in [-0.3, -0.25) is 9.69 Å². The third-order valence-electron chi connectivity index (χ3n) is 5.92. The van der Waals surface area contributed by atoms with E-state index in [2.05, 4.69) is 39.3 Å². The molecule has 2 N–H and O–H groups in total. The third kappa shape index (κ3) is 5.77. The number of tetrazole rings is 1. The van der Waals surface area contributed by atoms with E-state index in [0.717, 1.165) is 22.4 Å². The standard InChI is InChI=1S/C25H32N6O4/c1-4-34-20-8-9-22-18(14-20)13-19(25(33)26-22)15-30(10-6-11-32)23(17(2)3)24-27-28-29-31(24)16-21-7-5-12-35-21/h5,7-9,12-14,17,23,32H,4,6,10-11,15-16H2,1-3H3,(H,26,33)/t23-/m0/s1. The maximum Gasteiger partial charge on any atom is 0.252 e. The van der Waals surface area contributed by atoms with Gasteiger partial charge in [-0.2, -0.15) is 0 Å². The van der Waals surface area contributed by atoms with Crippen LogP contribution in [0.4, 0.5) is 0 Å². The summed E-state index contributed by atoms with van der Waals surface area (Å²) in [5, 5.41) is 22.9. The van der Waals surface area contributed by atoms with E-state index >= 15 is 0 Å². The Kier molecular flexibility index (Phi) is 7.94. The summed E-state index contributed by atoms with van der Waals surface area (Å²) in [6.07, 6.45) is 2.18. The first-order chi connectivity index (χ1) is 17.0. The zero-order valence-electron chi connectivity index (χ0n) is 20.3. The van der Waals surface area contributed by atoms with Crippen LogP contribution in [0.3, 0.4) is 0 Å². The normalized spacial score (nSPS) is 12.6. The number of benzene rings is 1. The van der Waals surface area contributed by atoms with Crippen molar-refractivity contribution in [1.29, 1.82) is 0 Å². The van der Waals surface area contributed by atoms with Crippen molar-refractivity contribution in [2.45, 2.75) is 46.3 Å². The molecule has 0 spiro atoms. The summed E-state index contributed by atoms with van der Waals surface area (Å²) in [4.78, 5) is 18.1. The zero-order chi connectivity index (χ0) is 24.8. The molecule has 3 heterocycles. The summed E-state index contributed by atoms with van der Waals surface area (Å²) in [5.74, 6) is 2.33. The minimum absolute atomic E-state index is 0.0461. The first-order valence-electron chi connectivity index (χ1n) is 11.9. The number of ether oxygens (including phenoxy) is 1. The number of aromatic amines is 1. The number of aliphatic hydroxyl groups is 1. The molecular weight excluding hydrogens is 448 g/mol. The van der Waals surface area contributed by atoms with Crippen LogP contribution >= 0.6 is 0 Å². The van der Waals surface area contributed by atoms with Gasteiger partial charge in [0.15, 0.2) is 5.82 Å². The van der Waals surface area contributed by atoms with Crippen molar-refractivity contribution in [3.05, 3.63) is 70.2 Å². The Balaban J connectivity index is 1.69. The van der Waals surface area contributed by atoms with Crippen LogP contribution in [-0.4, -0.2) is 55.0 Å². The number of pyridine rings is 1. The highest BCUT2D eigenvalue weighted by molar-refractivity contribution is 5.80. The van der Waals surface area contributed by atoms with Gasteiger partial charge in [0.05, 0.1) is 18.9 Å². The van der Waals surface area contributed by atoms with Crippen molar-refractivity contribution < 1.29 is 14.3 Å². The molecule has 10 nitrogen and oxygen atoms in total. The SMILES string of the molecule is CCOc1ccc2[nH]c(=O)c(CN(CCCO)[C@H](c3nnnn3Cc3ccco3)C(C)C)cc2c1. The molecule has 10 heteroatoms. The minimum Gasteiger partial charge on any atom is -0.494 e. The molecule has 1 atom stereocenters. The van der Waals surface area contributed by atoms with Gasteiger partial charge in [0.1, 0.15) is 18.1 Å². The average Bonchev–Trinajstić information content (AvgIpc) is 3.51. The molecule has 0 radical (unpaired) electrons. The first kappa shape index (κ1) is 24.6. The molecule has 0 bridgehead atoms. The first-order valence-corrected chi connectivity index (χ1v) is 11.9. The van der Waals surface area contributed by atoms with E-state index in [1.54, 1.807) is 10.9 Å². The Bertz CT molecular complexity index is 1280. The summed E-state index contributed by atoms with van der Waals surface area (Å²) in [6, 6.07) is 11.1. The van der Waals surface area contributed by atoms with Crippen molar-refractivity contribution in [2.24, 2.45) is 5.92 Å². The molecule has 0 saturated heterocycles. The lowest BCUT2D eigenvalue weighted by Gasteiger charge is -2.33. The van der Waals surface area contributed by atoms with E-state index in [-0.39, 0.29) is 24.1 Å². The monoisotopic (exact) mass is 480 g/mol. The molecule has 4 aromatic rings. The predicted octanol–water partition coefficient (Wildman–Crippen LogP) is 3.14. The van der Waals surface area contributed by atoms with Gasteiger partial charge in [-0.05, 0) is 66.1 Å². The van der Waals surface area contributed by atoms with Gasteiger partial charge in [-0.1, -0.05) is 13.8 Å². The lowest BCUT2D eigenvalue weighted by molar-refractivity contribution is 0.122. The van der Waals surface area contributed by atoms with Gasteiger partial charge in [0, 0.05) is 36.2 Å². The summed E-state index contributed by atoms with van der Waals surface area (Å²) < 4.78 is 12.8. The van der Waals surface area contributed by atoms with Crippen molar-refractivity contribution >= 4 is 10.9 Å². The van der Waals surface area contributed by atoms with Crippen molar-refractivity contribution in [1.82, 2.24) is 30.1 Å². The number of nitrogens with zero attached hydrogens (tertiary/aromatic N) is 5. The molecule has 0 amide bonds. The van der Waals surface area contributed by atoms with Crippen LogP contribution in [0.1, 0.15) is 50.4 Å². The summed E-state index contributed by atoms with van der Waals surface area (Å²) >= 11 is 0. The van der Waals surface area contributed by atoms with Gasteiger partial charge >= 0.3 is 0 Å². The molecule has 0 aliphatic heterocycles. The fourth-order valence-corrected chi connectivity index (χ4v) is 4.38. The second kappa shape index (κ2) is 11.3. The molecule has 0 aliphatic carbocycles. The molecule has 1 aromatic carbocycles. The van der Waals surface area contributed by atoms with Crippen molar-refractivity contribution in [2.75, 3.05) is 19.8 Å². The Hall–Kier alpha value is -3.50. The van der Waals surface area contributed by atoms with Crippen molar-refractivity contribution in [3.8, 4) is 5.75 Å². The van der Waals surface area contributed by atoms with E-state index < -0.39 is 0 Å². The molecule has 4 rings (SSSR count). The lowest BCUT2D eigenvalue weighted by atomic mass is 10.00. The fraction of sp³-hybridized carbons (Fsp3) is 0.440. The number of aromatic nitrogens is 5. The van der Waals surface area contributed by atoms with E-state index in [1.165, 1.54) is 0 Å². The zero-order valence-corrected chi connectivity index (χ0v) is 20.3. The minimum atomic E-state index is -0.184. The van der Waals surface area contributed by atoms with Crippen LogP contribution < -0.4 is 10.3 Å². The molecule has 0 aliphatic rings. The molecular formula is C25H32N6O4. The number of aliphatic hydroxyl groups excluding tert-OH is 1. The number of rotatable bonds is 12. The van der Waals surface area contributed by atoms with E-state index in [0.29, 0.717) is 44.0 Å². The maximum absolute atomic E-state index is 13.0. The largest absolute Gasteiger partial charge is 0.494 e. The Labute approximate surface area is 203 Å². The number of nitrogens with one attached hydrogen (secondary N) is 1. The van der Waals surface area contributed by atoms with E-state index in [9.17, 15) is 9.90 Å². The predicted molar refractivity (Wildman–Crippen MR) is 131 cm³/mol. The smallest absolute Gasteiger partial charge is 0.252 e. The molecule has 0 saturated carbocycles. The molecule has 186 valence electrons. The highest BCUT2D eigenvalue weighted by atomic mass is 16.5. The maximum atomic E-state index is 13.0. The molecule has 3 aromatic heterocycles. The van der Waals surface area contributed by atoms with Gasteiger partial charge in [-0.15, -0.1) is 5.10 Å². The number of furan rings is 1. The number of H-pyrrole nitrogens is 1. The summed E-state index contributed by atoms with van der Waals surface area (Å²) in [6.45, 7) is 8.10. The van der Waals surface area contributed by atoms with Crippen LogP contribution in [0.5, 0.6) is 5.75 Å². The van der Waals surface area contributed by atoms with Crippen LogP contribution in [0.2, 0.25) is 0 Å². The quantitative estimate of drug-likeness (QED) is 0.317. The average molecular weight is 481 g/mol. The highest BCUT2D eigenvalue weighted by Crippen LogP contribution is 2.29. The Morgan fingerprint density at radius 2 is 2.11 bits per heavy atom. The topological polar surface area (TPSA) is 122 Å². The molecule has 0 unspecified atom stereocenters. The Morgan fingerprint density at radius 1 is 1.26 bits per heavy atom. The second-order valence-electron chi connectivity index (χ2n) is 8.82. The number of hydrogen-bond acceptors (Lipinski definition) is 8. The number of fused-ring (bicyclic) bond motifs is 1. The fourth-order valence-electron chi connectivity index (χ4n) is 4.38. The van der Waals surface area contributed by atoms with Gasteiger partial charge < -0.3 is 19.2 Å². The second-order valence-corrected chi connectivity index (χ2v) is 8.82. The number of hydrogen-bond donors (Lipinski definition) is 2. The lowest BCUT2D eigenvalue weighted by Crippen LogP contribution is -2.36. The summed E-state index contributed by atoms with van der Waals surface area (Å²) in [5.41, 5.74) is 1.24. The van der Waals surface area contributed by atoms with Gasteiger partial charge in [0.25, 0.3) is 5.56 Å². The summed E-state index contributed by atoms with van der Waals surface area (Å²) in [7, 11) is 0. The van der Waals surface area contributed by atoms with Crippen LogP contribution in [0, 0.1) is 5.92 Å². The molecule has 0 fully saturated rings. The van der Waals surface area contributed by atoms with Crippen LogP contribution in [0.25, 0.3) is 10.9 Å².